The SMILES string of the molecule is C=C(N=C1/C(=C\N)N(C)C(=O)CCN1C1CCCC1)Nc1cccc(N)c1. The summed E-state index contributed by atoms with van der Waals surface area (Å²) in [5, 5.41) is 3.17. The standard InChI is InChI=1S/C20H28N6O/c1-14(23-16-7-5-6-15(22)12-16)24-20-18(13-21)25(2)19(27)10-11-26(20)17-8-3-4-9-17/h5-7,12-13,17,23H,1,3-4,8-11,21-22H2,2H3/b18-13+,24-20?. The number of nitrogens with two attached hydrogens (primary N) is 2. The second-order valence-corrected chi connectivity index (χ2v) is 7.02. The topological polar surface area (TPSA) is 100.0 Å². The van der Waals surface area contributed by atoms with Gasteiger partial charge in [0.1, 0.15) is 11.5 Å². The number of nitrogen functional groups attached to an aromatic ring is 1. The molecule has 1 aliphatic carbocycles. The van der Waals surface area contributed by atoms with Crippen molar-refractivity contribution in [2.75, 3.05) is 24.6 Å². The van der Waals surface area contributed by atoms with Gasteiger partial charge in [0.25, 0.3) is 0 Å². The van der Waals surface area contributed by atoms with Crippen molar-refractivity contribution >= 4 is 23.1 Å². The average Bonchev–Trinajstić information content (AvgIpc) is 3.12. The molecular formula is C20H28N6O. The van der Waals surface area contributed by atoms with Crippen molar-refractivity contribution in [2.45, 2.75) is 38.1 Å². The predicted octanol–water partition coefficient (Wildman–Crippen LogP) is 2.46. The third kappa shape index (κ3) is 4.24. The first kappa shape index (κ1) is 18.8. The molecule has 0 spiro atoms. The summed E-state index contributed by atoms with van der Waals surface area (Å²) in [6.07, 6.45) is 6.49. The van der Waals surface area contributed by atoms with E-state index in [0.29, 0.717) is 42.0 Å². The van der Waals surface area contributed by atoms with Crippen LogP contribution in [-0.2, 0) is 4.79 Å². The summed E-state index contributed by atoms with van der Waals surface area (Å²) in [6.45, 7) is 4.68. The summed E-state index contributed by atoms with van der Waals surface area (Å²) >= 11 is 0. The number of amidine groups is 1. The number of hydrogen-bond acceptors (Lipinski definition) is 5. The minimum absolute atomic E-state index is 0.0364. The van der Waals surface area contributed by atoms with Crippen molar-refractivity contribution in [1.82, 2.24) is 9.80 Å². The quantitative estimate of drug-likeness (QED) is 0.709. The number of benzene rings is 1. The van der Waals surface area contributed by atoms with Gasteiger partial charge >= 0.3 is 0 Å². The van der Waals surface area contributed by atoms with Crippen LogP contribution in [0, 0.1) is 0 Å². The van der Waals surface area contributed by atoms with Crippen LogP contribution in [0.2, 0.25) is 0 Å². The first-order chi connectivity index (χ1) is 13.0. The fraction of sp³-hybridized carbons (Fsp3) is 0.400. The molecule has 5 N–H and O–H groups in total. The summed E-state index contributed by atoms with van der Waals surface area (Å²) in [7, 11) is 1.74. The Balaban J connectivity index is 1.92. The van der Waals surface area contributed by atoms with E-state index in [-0.39, 0.29) is 5.91 Å². The van der Waals surface area contributed by atoms with E-state index in [1.807, 2.05) is 24.3 Å². The van der Waals surface area contributed by atoms with Gasteiger partial charge in [0.05, 0.1) is 0 Å². The molecule has 2 fully saturated rings. The van der Waals surface area contributed by atoms with Crippen molar-refractivity contribution in [1.29, 1.82) is 0 Å². The molecule has 0 bridgehead atoms. The number of hydrogen-bond donors (Lipinski definition) is 3. The van der Waals surface area contributed by atoms with E-state index in [4.69, 9.17) is 16.5 Å². The first-order valence-electron chi connectivity index (χ1n) is 9.35. The van der Waals surface area contributed by atoms with Gasteiger partial charge in [-0.15, -0.1) is 0 Å². The highest BCUT2D eigenvalue weighted by atomic mass is 16.2. The van der Waals surface area contributed by atoms with Gasteiger partial charge in [-0.2, -0.15) is 0 Å². The average molecular weight is 368 g/mol. The Kier molecular flexibility index (Phi) is 5.69. The van der Waals surface area contributed by atoms with Crippen LogP contribution in [0.15, 0.2) is 53.6 Å². The minimum atomic E-state index is 0.0364. The molecule has 3 rings (SSSR count). The first-order valence-corrected chi connectivity index (χ1v) is 9.35. The number of carbonyl (C=O) groups is 1. The normalized spacial score (nSPS) is 21.7. The summed E-state index contributed by atoms with van der Waals surface area (Å²) in [5.41, 5.74) is 13.8. The molecule has 7 heteroatoms. The van der Waals surface area contributed by atoms with Gasteiger partial charge in [-0.1, -0.05) is 25.5 Å². The van der Waals surface area contributed by atoms with E-state index in [1.54, 1.807) is 11.9 Å². The van der Waals surface area contributed by atoms with Gasteiger partial charge < -0.3 is 26.6 Å². The Labute approximate surface area is 160 Å². The van der Waals surface area contributed by atoms with Crippen molar-refractivity contribution in [2.24, 2.45) is 10.7 Å². The fourth-order valence-corrected chi connectivity index (χ4v) is 3.74. The Hall–Kier alpha value is -2.96. The lowest BCUT2D eigenvalue weighted by molar-refractivity contribution is -0.127. The number of likely N-dealkylation sites (N-methyl/N-ethyl adjacent to an activating group) is 1. The molecule has 1 amide bonds. The second kappa shape index (κ2) is 8.16. The molecule has 2 aliphatic rings. The van der Waals surface area contributed by atoms with Crippen molar-refractivity contribution in [3.63, 3.8) is 0 Å². The Morgan fingerprint density at radius 1 is 1.37 bits per heavy atom. The highest BCUT2D eigenvalue weighted by Crippen LogP contribution is 2.28. The van der Waals surface area contributed by atoms with Crippen LogP contribution in [0.1, 0.15) is 32.1 Å². The maximum atomic E-state index is 12.4. The number of anilines is 2. The molecule has 7 nitrogen and oxygen atoms in total. The van der Waals surface area contributed by atoms with E-state index >= 15 is 0 Å². The largest absolute Gasteiger partial charge is 0.403 e. The minimum Gasteiger partial charge on any atom is -0.403 e. The lowest BCUT2D eigenvalue weighted by Crippen LogP contribution is -2.41. The van der Waals surface area contributed by atoms with Crippen molar-refractivity contribution in [3.8, 4) is 0 Å². The maximum absolute atomic E-state index is 12.4. The number of aliphatic imine (C=N–C) groups is 1. The molecule has 1 saturated heterocycles. The van der Waals surface area contributed by atoms with E-state index in [9.17, 15) is 4.79 Å². The van der Waals surface area contributed by atoms with Crippen molar-refractivity contribution in [3.05, 3.63) is 48.6 Å². The van der Waals surface area contributed by atoms with Gasteiger partial charge in [-0.25, -0.2) is 4.99 Å². The number of amides is 1. The molecule has 144 valence electrons. The van der Waals surface area contributed by atoms with Crippen molar-refractivity contribution < 1.29 is 4.79 Å². The van der Waals surface area contributed by atoms with E-state index in [2.05, 4.69) is 16.8 Å². The van der Waals surface area contributed by atoms with Crippen LogP contribution in [0.5, 0.6) is 0 Å². The van der Waals surface area contributed by atoms with Gasteiger partial charge in [-0.3, -0.25) is 4.79 Å². The van der Waals surface area contributed by atoms with Crippen LogP contribution in [0.25, 0.3) is 0 Å². The fourth-order valence-electron chi connectivity index (χ4n) is 3.74. The van der Waals surface area contributed by atoms with Crippen LogP contribution < -0.4 is 16.8 Å². The number of carbonyl (C=O) groups excluding carboxylic acids is 1. The lowest BCUT2D eigenvalue weighted by Gasteiger charge is -2.31. The zero-order valence-electron chi connectivity index (χ0n) is 15.8. The summed E-state index contributed by atoms with van der Waals surface area (Å²) in [6, 6.07) is 7.79. The molecular weight excluding hydrogens is 340 g/mol. The third-order valence-electron chi connectivity index (χ3n) is 5.14. The van der Waals surface area contributed by atoms with E-state index in [0.717, 1.165) is 18.5 Å². The van der Waals surface area contributed by atoms with E-state index < -0.39 is 0 Å². The predicted molar refractivity (Wildman–Crippen MR) is 110 cm³/mol. The zero-order chi connectivity index (χ0) is 19.4. The van der Waals surface area contributed by atoms with Gasteiger partial charge in [0, 0.05) is 43.6 Å². The van der Waals surface area contributed by atoms with Gasteiger partial charge in [0.15, 0.2) is 5.84 Å². The van der Waals surface area contributed by atoms with E-state index in [1.165, 1.54) is 19.0 Å². The molecule has 1 aliphatic heterocycles. The molecule has 1 aromatic carbocycles. The monoisotopic (exact) mass is 368 g/mol. The smallest absolute Gasteiger partial charge is 0.228 e. The molecule has 0 unspecified atom stereocenters. The maximum Gasteiger partial charge on any atom is 0.228 e. The Morgan fingerprint density at radius 3 is 2.78 bits per heavy atom. The Morgan fingerprint density at radius 2 is 2.11 bits per heavy atom. The van der Waals surface area contributed by atoms with Gasteiger partial charge in [-0.05, 0) is 31.0 Å². The highest BCUT2D eigenvalue weighted by molar-refractivity contribution is 6.03. The third-order valence-corrected chi connectivity index (χ3v) is 5.14. The Bertz CT molecular complexity index is 778. The summed E-state index contributed by atoms with van der Waals surface area (Å²) < 4.78 is 0. The van der Waals surface area contributed by atoms with Crippen LogP contribution in [0.4, 0.5) is 11.4 Å². The molecule has 27 heavy (non-hydrogen) atoms. The molecule has 0 aromatic heterocycles. The zero-order valence-corrected chi connectivity index (χ0v) is 15.8. The number of rotatable bonds is 4. The molecule has 1 heterocycles. The van der Waals surface area contributed by atoms with Gasteiger partial charge in [0.2, 0.25) is 5.91 Å². The summed E-state index contributed by atoms with van der Waals surface area (Å²) in [4.78, 5) is 20.9. The summed E-state index contributed by atoms with van der Waals surface area (Å²) in [5.74, 6) is 1.20. The number of nitrogens with zero attached hydrogens (tertiary/aromatic N) is 3. The van der Waals surface area contributed by atoms with Crippen LogP contribution >= 0.6 is 0 Å². The molecule has 0 radical (unpaired) electrons. The molecule has 0 atom stereocenters. The number of nitrogens with one attached hydrogen (secondary N) is 1. The van der Waals surface area contributed by atoms with Crippen LogP contribution in [-0.4, -0.2) is 41.2 Å². The van der Waals surface area contributed by atoms with Crippen LogP contribution in [0.3, 0.4) is 0 Å². The lowest BCUT2D eigenvalue weighted by atomic mass is 10.2. The molecule has 1 aromatic rings. The second-order valence-electron chi connectivity index (χ2n) is 7.02. The molecule has 1 saturated carbocycles. The highest BCUT2D eigenvalue weighted by Gasteiger charge is 2.33.